The Morgan fingerprint density at radius 1 is 1.03 bits per heavy atom. The minimum atomic E-state index is -4.45. The van der Waals surface area contributed by atoms with Gasteiger partial charge in [-0.3, -0.25) is 0 Å². The van der Waals surface area contributed by atoms with Crippen LogP contribution in [-0.2, 0) is 24.1 Å². The number of alkyl halides is 3. The highest BCUT2D eigenvalue weighted by atomic mass is 127. The number of ether oxygens (including phenoxy) is 1. The number of phenolic OH excluding ortho intramolecular Hbond substituents is 1. The monoisotopic (exact) mass is 527 g/mol. The molecule has 0 saturated carbocycles. The van der Waals surface area contributed by atoms with Crippen LogP contribution >= 0.6 is 22.6 Å². The summed E-state index contributed by atoms with van der Waals surface area (Å²) in [5, 5.41) is 13.1. The highest BCUT2D eigenvalue weighted by molar-refractivity contribution is 14.1. The van der Waals surface area contributed by atoms with E-state index in [9.17, 15) is 23.1 Å². The van der Waals surface area contributed by atoms with Crippen molar-refractivity contribution in [2.24, 2.45) is 0 Å². The van der Waals surface area contributed by atoms with Gasteiger partial charge in [0.25, 0.3) is 0 Å². The van der Waals surface area contributed by atoms with Gasteiger partial charge in [0, 0.05) is 17.8 Å². The minimum Gasteiger partial charge on any atom is -0.506 e. The molecule has 0 aliphatic heterocycles. The number of phenols is 1. The van der Waals surface area contributed by atoms with Gasteiger partial charge < -0.3 is 15.2 Å². The number of carbonyl (C=O) groups excluding carboxylic acids is 1. The van der Waals surface area contributed by atoms with E-state index in [-0.39, 0.29) is 30.2 Å². The van der Waals surface area contributed by atoms with Crippen molar-refractivity contribution in [1.82, 2.24) is 0 Å². The summed E-state index contributed by atoms with van der Waals surface area (Å²) in [4.78, 5) is 12.4. The Labute approximate surface area is 184 Å². The number of hydrogen-bond donors (Lipinski definition) is 2. The third kappa shape index (κ3) is 5.65. The van der Waals surface area contributed by atoms with Gasteiger partial charge in [-0.15, -0.1) is 0 Å². The maximum absolute atomic E-state index is 12.9. The predicted octanol–water partition coefficient (Wildman–Crippen LogP) is 5.98. The average Bonchev–Trinajstić information content (AvgIpc) is 2.73. The number of esters is 1. The topological polar surface area (TPSA) is 58.6 Å². The third-order valence-corrected chi connectivity index (χ3v) is 5.09. The summed E-state index contributed by atoms with van der Waals surface area (Å²) in [6.45, 7) is 0.137. The fraction of sp³-hybridized carbons (Fsp3) is 0.136. The van der Waals surface area contributed by atoms with Crippen LogP contribution < -0.4 is 5.32 Å². The van der Waals surface area contributed by atoms with E-state index in [1.165, 1.54) is 24.3 Å². The summed E-state index contributed by atoms with van der Waals surface area (Å²) in [6.07, 6.45) is -4.45. The Hall–Kier alpha value is -2.75. The van der Waals surface area contributed by atoms with Gasteiger partial charge >= 0.3 is 12.1 Å². The molecule has 0 unspecified atom stereocenters. The first-order valence-electron chi connectivity index (χ1n) is 8.87. The van der Waals surface area contributed by atoms with E-state index in [1.807, 2.05) is 52.9 Å². The van der Waals surface area contributed by atoms with Crippen LogP contribution in [0.15, 0.2) is 66.7 Å². The molecular formula is C22H17F3INO3. The average molecular weight is 527 g/mol. The molecule has 0 aliphatic rings. The number of benzene rings is 3. The van der Waals surface area contributed by atoms with E-state index in [0.29, 0.717) is 9.13 Å². The number of nitrogens with one attached hydrogen (secondary N) is 1. The lowest BCUT2D eigenvalue weighted by atomic mass is 10.1. The highest BCUT2D eigenvalue weighted by Crippen LogP contribution is 2.31. The molecule has 0 spiro atoms. The van der Waals surface area contributed by atoms with Gasteiger partial charge in [-0.1, -0.05) is 36.4 Å². The van der Waals surface area contributed by atoms with Crippen molar-refractivity contribution in [3.63, 3.8) is 0 Å². The predicted molar refractivity (Wildman–Crippen MR) is 115 cm³/mol. The Kier molecular flexibility index (Phi) is 6.86. The fourth-order valence-electron chi connectivity index (χ4n) is 2.72. The molecule has 30 heavy (non-hydrogen) atoms. The summed E-state index contributed by atoms with van der Waals surface area (Å²) < 4.78 is 44.3. The van der Waals surface area contributed by atoms with Crippen molar-refractivity contribution in [3.8, 4) is 5.75 Å². The van der Waals surface area contributed by atoms with E-state index in [4.69, 9.17) is 4.74 Å². The Morgan fingerprint density at radius 2 is 1.77 bits per heavy atom. The number of aromatic hydroxyl groups is 1. The van der Waals surface area contributed by atoms with Crippen molar-refractivity contribution in [2.45, 2.75) is 19.3 Å². The van der Waals surface area contributed by atoms with E-state index < -0.39 is 17.7 Å². The van der Waals surface area contributed by atoms with Gasteiger partial charge in [0.2, 0.25) is 0 Å². The second-order valence-electron chi connectivity index (χ2n) is 6.46. The lowest BCUT2D eigenvalue weighted by Gasteiger charge is -2.13. The van der Waals surface area contributed by atoms with E-state index in [0.717, 1.165) is 17.7 Å². The van der Waals surface area contributed by atoms with Crippen LogP contribution in [0, 0.1) is 3.57 Å². The molecule has 3 aromatic carbocycles. The molecule has 8 heteroatoms. The van der Waals surface area contributed by atoms with Crippen LogP contribution in [0.4, 0.5) is 18.9 Å². The lowest BCUT2D eigenvalue weighted by Crippen LogP contribution is -2.09. The molecule has 2 N–H and O–H groups in total. The molecule has 3 aromatic rings. The van der Waals surface area contributed by atoms with Gasteiger partial charge in [-0.25, -0.2) is 4.79 Å². The number of rotatable bonds is 6. The molecular weight excluding hydrogens is 510 g/mol. The molecule has 0 bridgehead atoms. The van der Waals surface area contributed by atoms with Crippen molar-refractivity contribution in [2.75, 3.05) is 5.32 Å². The van der Waals surface area contributed by atoms with Crippen LogP contribution in [0.3, 0.4) is 0 Å². The molecule has 0 saturated heterocycles. The van der Waals surface area contributed by atoms with Crippen molar-refractivity contribution >= 4 is 34.2 Å². The molecule has 0 fully saturated rings. The highest BCUT2D eigenvalue weighted by Gasteiger charge is 2.30. The molecule has 0 radical (unpaired) electrons. The van der Waals surface area contributed by atoms with Crippen molar-refractivity contribution < 1.29 is 27.8 Å². The smallest absolute Gasteiger partial charge is 0.416 e. The Bertz CT molecular complexity index is 1040. The number of halogens is 4. The van der Waals surface area contributed by atoms with Crippen LogP contribution in [-0.4, -0.2) is 11.1 Å². The maximum atomic E-state index is 12.9. The van der Waals surface area contributed by atoms with E-state index in [2.05, 4.69) is 5.32 Å². The SMILES string of the molecule is O=C(OCc1ccccc1)c1cc(I)c(O)c(CNc2cccc(C(F)(F)F)c2)c1. The summed E-state index contributed by atoms with van der Waals surface area (Å²) in [6, 6.07) is 16.9. The zero-order valence-electron chi connectivity index (χ0n) is 15.5. The summed E-state index contributed by atoms with van der Waals surface area (Å²) in [7, 11) is 0. The first-order valence-corrected chi connectivity index (χ1v) is 9.95. The quantitative estimate of drug-likeness (QED) is 0.306. The van der Waals surface area contributed by atoms with Gasteiger partial charge in [0.05, 0.1) is 14.7 Å². The Morgan fingerprint density at radius 3 is 2.47 bits per heavy atom. The zero-order chi connectivity index (χ0) is 21.7. The van der Waals surface area contributed by atoms with E-state index >= 15 is 0 Å². The lowest BCUT2D eigenvalue weighted by molar-refractivity contribution is -0.137. The number of carbonyl (C=O) groups is 1. The standard InChI is InChI=1S/C22H17F3INO3/c23-22(24,25)17-7-4-8-18(11-17)27-12-16-9-15(10-19(26)20(16)28)21(29)30-13-14-5-2-1-3-6-14/h1-11,27-28H,12-13H2. The van der Waals surface area contributed by atoms with Gasteiger partial charge in [0.1, 0.15) is 12.4 Å². The number of hydrogen-bond acceptors (Lipinski definition) is 4. The fourth-order valence-corrected chi connectivity index (χ4v) is 3.40. The first-order chi connectivity index (χ1) is 14.2. The molecule has 3 rings (SSSR count). The second-order valence-corrected chi connectivity index (χ2v) is 7.62. The third-order valence-electron chi connectivity index (χ3n) is 4.26. The van der Waals surface area contributed by atoms with Gasteiger partial charge in [-0.2, -0.15) is 13.2 Å². The van der Waals surface area contributed by atoms with Gasteiger partial charge in [0.15, 0.2) is 0 Å². The summed E-state index contributed by atoms with van der Waals surface area (Å²) in [5.41, 5.74) is 0.923. The van der Waals surface area contributed by atoms with Crippen LogP contribution in [0.2, 0.25) is 0 Å². The largest absolute Gasteiger partial charge is 0.506 e. The summed E-state index contributed by atoms with van der Waals surface area (Å²) in [5.74, 6) is -0.605. The molecule has 0 atom stereocenters. The maximum Gasteiger partial charge on any atom is 0.416 e. The molecule has 4 nitrogen and oxygen atoms in total. The van der Waals surface area contributed by atoms with E-state index in [1.54, 1.807) is 0 Å². The molecule has 0 aromatic heterocycles. The van der Waals surface area contributed by atoms with Crippen LogP contribution in [0.1, 0.15) is 27.0 Å². The van der Waals surface area contributed by atoms with Crippen LogP contribution in [0.5, 0.6) is 5.75 Å². The first kappa shape index (κ1) is 21.9. The normalized spacial score (nSPS) is 11.2. The number of anilines is 1. The minimum absolute atomic E-state index is 0.0307. The second kappa shape index (κ2) is 9.38. The van der Waals surface area contributed by atoms with Crippen molar-refractivity contribution in [3.05, 3.63) is 92.6 Å². The zero-order valence-corrected chi connectivity index (χ0v) is 17.7. The summed E-state index contributed by atoms with van der Waals surface area (Å²) >= 11 is 1.88. The van der Waals surface area contributed by atoms with Crippen LogP contribution in [0.25, 0.3) is 0 Å². The molecule has 0 aliphatic carbocycles. The molecule has 0 heterocycles. The van der Waals surface area contributed by atoms with Crippen molar-refractivity contribution in [1.29, 1.82) is 0 Å². The molecule has 156 valence electrons. The Balaban J connectivity index is 1.72. The van der Waals surface area contributed by atoms with Gasteiger partial charge in [-0.05, 0) is 58.5 Å². The molecule has 0 amide bonds.